The summed E-state index contributed by atoms with van der Waals surface area (Å²) in [5.41, 5.74) is 1.11. The molecule has 146 valence electrons. The van der Waals surface area contributed by atoms with Gasteiger partial charge in [-0.3, -0.25) is 4.79 Å². The van der Waals surface area contributed by atoms with Crippen LogP contribution in [0.25, 0.3) is 0 Å². The lowest BCUT2D eigenvalue weighted by molar-refractivity contribution is -0.130. The van der Waals surface area contributed by atoms with Gasteiger partial charge in [-0.1, -0.05) is 12.1 Å². The van der Waals surface area contributed by atoms with E-state index >= 15 is 0 Å². The van der Waals surface area contributed by atoms with Gasteiger partial charge in [0.15, 0.2) is 5.96 Å². The number of nitrogens with zero attached hydrogens (tertiary/aromatic N) is 2. The van der Waals surface area contributed by atoms with Crippen molar-refractivity contribution in [1.29, 1.82) is 0 Å². The number of aliphatic imine (C=N–C) groups is 1. The normalized spacial score (nSPS) is 11.4. The molecule has 1 aromatic carbocycles. The molecule has 0 radical (unpaired) electrons. The van der Waals surface area contributed by atoms with E-state index in [9.17, 15) is 4.79 Å². The molecule has 0 spiro atoms. The Labute approximate surface area is 158 Å². The zero-order valence-corrected chi connectivity index (χ0v) is 16.8. The van der Waals surface area contributed by atoms with Crippen molar-refractivity contribution in [2.24, 2.45) is 4.99 Å². The van der Waals surface area contributed by atoms with Gasteiger partial charge in [-0.2, -0.15) is 0 Å². The molecule has 0 unspecified atom stereocenters. The number of rotatable bonds is 10. The van der Waals surface area contributed by atoms with Crippen LogP contribution in [0.5, 0.6) is 5.75 Å². The molecular weight excluding hydrogens is 328 g/mol. The van der Waals surface area contributed by atoms with E-state index in [4.69, 9.17) is 4.74 Å². The molecule has 0 fully saturated rings. The van der Waals surface area contributed by atoms with Crippen LogP contribution >= 0.6 is 0 Å². The number of hydrogen-bond acceptors (Lipinski definition) is 3. The maximum Gasteiger partial charge on any atom is 0.224 e. The molecule has 1 rings (SSSR count). The van der Waals surface area contributed by atoms with Crippen LogP contribution in [-0.4, -0.2) is 49.0 Å². The smallest absolute Gasteiger partial charge is 0.224 e. The van der Waals surface area contributed by atoms with E-state index in [0.29, 0.717) is 19.5 Å². The molecule has 1 amide bonds. The maximum atomic E-state index is 12.0. The highest BCUT2D eigenvalue weighted by molar-refractivity contribution is 5.81. The minimum Gasteiger partial charge on any atom is -0.491 e. The third-order valence-corrected chi connectivity index (χ3v) is 3.81. The number of hydrogen-bond donors (Lipinski definition) is 2. The minimum atomic E-state index is 0.166. The van der Waals surface area contributed by atoms with E-state index in [2.05, 4.69) is 15.6 Å². The molecule has 0 aliphatic heterocycles. The summed E-state index contributed by atoms with van der Waals surface area (Å²) in [6.45, 7) is 13.5. The summed E-state index contributed by atoms with van der Waals surface area (Å²) in [6.07, 6.45) is 0.635. The number of ether oxygens (including phenoxy) is 1. The van der Waals surface area contributed by atoms with Crippen molar-refractivity contribution in [3.8, 4) is 5.75 Å². The Morgan fingerprint density at radius 2 is 1.77 bits per heavy atom. The average Bonchev–Trinajstić information content (AvgIpc) is 2.61. The number of carbonyl (C=O) groups excluding carboxylic acids is 1. The standard InChI is InChI=1S/C20H34N4O2/c1-6-21-20(22-14-13-19(25)24(7-2)8-3)23-15-17-9-11-18(12-10-17)26-16(4)5/h9-12,16H,6-8,13-15H2,1-5H3,(H2,21,22,23). The van der Waals surface area contributed by atoms with Crippen molar-refractivity contribution >= 4 is 11.9 Å². The van der Waals surface area contributed by atoms with Gasteiger partial charge in [0, 0.05) is 32.6 Å². The summed E-state index contributed by atoms with van der Waals surface area (Å²) >= 11 is 0. The Morgan fingerprint density at radius 1 is 1.12 bits per heavy atom. The van der Waals surface area contributed by atoms with Crippen molar-refractivity contribution in [1.82, 2.24) is 15.5 Å². The van der Waals surface area contributed by atoms with Crippen molar-refractivity contribution in [2.45, 2.75) is 53.7 Å². The summed E-state index contributed by atoms with van der Waals surface area (Å²) in [6, 6.07) is 7.98. The first kappa shape index (κ1) is 21.8. The third-order valence-electron chi connectivity index (χ3n) is 3.81. The summed E-state index contributed by atoms with van der Waals surface area (Å²) < 4.78 is 5.65. The van der Waals surface area contributed by atoms with Gasteiger partial charge < -0.3 is 20.3 Å². The van der Waals surface area contributed by atoms with E-state index in [1.807, 2.05) is 63.8 Å². The maximum absolute atomic E-state index is 12.0. The molecule has 1 aromatic rings. The largest absolute Gasteiger partial charge is 0.491 e. The molecular formula is C20H34N4O2. The molecule has 2 N–H and O–H groups in total. The molecule has 0 bridgehead atoms. The molecule has 0 atom stereocenters. The van der Waals surface area contributed by atoms with Crippen LogP contribution in [0.2, 0.25) is 0 Å². The van der Waals surface area contributed by atoms with E-state index in [0.717, 1.165) is 36.9 Å². The third kappa shape index (κ3) is 8.23. The summed E-state index contributed by atoms with van der Waals surface area (Å²) in [5.74, 6) is 1.76. The van der Waals surface area contributed by atoms with E-state index < -0.39 is 0 Å². The Hall–Kier alpha value is -2.24. The molecule has 0 saturated carbocycles. The zero-order valence-electron chi connectivity index (χ0n) is 16.8. The highest BCUT2D eigenvalue weighted by Gasteiger charge is 2.09. The molecule has 0 aliphatic rings. The zero-order chi connectivity index (χ0) is 19.4. The Bertz CT molecular complexity index is 551. The fourth-order valence-electron chi connectivity index (χ4n) is 2.48. The minimum absolute atomic E-state index is 0.166. The van der Waals surface area contributed by atoms with Crippen molar-refractivity contribution in [3.63, 3.8) is 0 Å². The fourth-order valence-corrected chi connectivity index (χ4v) is 2.48. The van der Waals surface area contributed by atoms with Crippen LogP contribution in [0.3, 0.4) is 0 Å². The van der Waals surface area contributed by atoms with Crippen LogP contribution in [0.4, 0.5) is 0 Å². The van der Waals surface area contributed by atoms with Crippen LogP contribution < -0.4 is 15.4 Å². The SMILES string of the molecule is CCNC(=NCc1ccc(OC(C)C)cc1)NCCC(=O)N(CC)CC. The van der Waals surface area contributed by atoms with Crippen LogP contribution in [-0.2, 0) is 11.3 Å². The van der Waals surface area contributed by atoms with Gasteiger partial charge in [0.1, 0.15) is 5.75 Å². The highest BCUT2D eigenvalue weighted by Crippen LogP contribution is 2.14. The molecule has 0 aliphatic carbocycles. The van der Waals surface area contributed by atoms with Gasteiger partial charge in [0.05, 0.1) is 12.6 Å². The summed E-state index contributed by atoms with van der Waals surface area (Å²) in [7, 11) is 0. The van der Waals surface area contributed by atoms with Gasteiger partial charge in [0.25, 0.3) is 0 Å². The highest BCUT2D eigenvalue weighted by atomic mass is 16.5. The van der Waals surface area contributed by atoms with E-state index in [1.54, 1.807) is 0 Å². The second-order valence-corrected chi connectivity index (χ2v) is 6.25. The summed E-state index contributed by atoms with van der Waals surface area (Å²) in [5, 5.41) is 6.44. The first-order chi connectivity index (χ1) is 12.5. The van der Waals surface area contributed by atoms with Crippen molar-refractivity contribution in [2.75, 3.05) is 26.2 Å². The summed E-state index contributed by atoms with van der Waals surface area (Å²) in [4.78, 5) is 18.5. The average molecular weight is 363 g/mol. The Morgan fingerprint density at radius 3 is 2.31 bits per heavy atom. The predicted molar refractivity (Wildman–Crippen MR) is 108 cm³/mol. The fraction of sp³-hybridized carbons (Fsp3) is 0.600. The van der Waals surface area contributed by atoms with Crippen LogP contribution in [0, 0.1) is 0 Å². The molecule has 0 aromatic heterocycles. The van der Waals surface area contributed by atoms with Crippen molar-refractivity contribution in [3.05, 3.63) is 29.8 Å². The quantitative estimate of drug-likeness (QED) is 0.496. The van der Waals surface area contributed by atoms with Crippen LogP contribution in [0.15, 0.2) is 29.3 Å². The monoisotopic (exact) mass is 362 g/mol. The number of nitrogens with one attached hydrogen (secondary N) is 2. The number of guanidine groups is 1. The second kappa shape index (κ2) is 12.2. The lowest BCUT2D eigenvalue weighted by Gasteiger charge is -2.19. The van der Waals surface area contributed by atoms with E-state index in [1.165, 1.54) is 0 Å². The number of benzene rings is 1. The topological polar surface area (TPSA) is 66.0 Å². The first-order valence-corrected chi connectivity index (χ1v) is 9.55. The lowest BCUT2D eigenvalue weighted by atomic mass is 10.2. The first-order valence-electron chi connectivity index (χ1n) is 9.55. The molecule has 6 nitrogen and oxygen atoms in total. The van der Waals surface area contributed by atoms with Gasteiger partial charge >= 0.3 is 0 Å². The van der Waals surface area contributed by atoms with Crippen molar-refractivity contribution < 1.29 is 9.53 Å². The molecule has 26 heavy (non-hydrogen) atoms. The molecule has 0 saturated heterocycles. The lowest BCUT2D eigenvalue weighted by Crippen LogP contribution is -2.40. The van der Waals surface area contributed by atoms with Gasteiger partial charge in [-0.05, 0) is 52.3 Å². The second-order valence-electron chi connectivity index (χ2n) is 6.25. The Balaban J connectivity index is 2.53. The molecule has 6 heteroatoms. The van der Waals surface area contributed by atoms with Gasteiger partial charge in [-0.15, -0.1) is 0 Å². The van der Waals surface area contributed by atoms with E-state index in [-0.39, 0.29) is 12.0 Å². The van der Waals surface area contributed by atoms with Gasteiger partial charge in [-0.25, -0.2) is 4.99 Å². The van der Waals surface area contributed by atoms with Crippen LogP contribution in [0.1, 0.15) is 46.6 Å². The molecule has 0 heterocycles. The number of amides is 1. The predicted octanol–water partition coefficient (Wildman–Crippen LogP) is 2.79. The van der Waals surface area contributed by atoms with Gasteiger partial charge in [0.2, 0.25) is 5.91 Å². The number of carbonyl (C=O) groups is 1. The Kier molecular flexibility index (Phi) is 10.2.